The second-order valence-corrected chi connectivity index (χ2v) is 8.07. The van der Waals surface area contributed by atoms with Crippen molar-refractivity contribution in [1.82, 2.24) is 9.80 Å². The number of benzene rings is 2. The molecular formula is C23H29FN2O2. The molecule has 0 saturated carbocycles. The largest absolute Gasteiger partial charge is 0.491 e. The Hall–Kier alpha value is -1.95. The van der Waals surface area contributed by atoms with Gasteiger partial charge in [0.05, 0.1) is 6.61 Å². The van der Waals surface area contributed by atoms with Crippen LogP contribution >= 0.6 is 0 Å². The molecule has 3 aliphatic heterocycles. The molecule has 150 valence electrons. The summed E-state index contributed by atoms with van der Waals surface area (Å²) in [6.45, 7) is 5.50. The van der Waals surface area contributed by atoms with Gasteiger partial charge in [0.25, 0.3) is 0 Å². The van der Waals surface area contributed by atoms with Gasteiger partial charge >= 0.3 is 0 Å². The van der Waals surface area contributed by atoms with Crippen molar-refractivity contribution in [1.29, 1.82) is 0 Å². The number of fused-ring (bicyclic) bond motifs is 4. The number of hydrogen-bond donors (Lipinski definition) is 1. The van der Waals surface area contributed by atoms with Crippen LogP contribution in [0.3, 0.4) is 0 Å². The summed E-state index contributed by atoms with van der Waals surface area (Å²) >= 11 is 0. The van der Waals surface area contributed by atoms with Crippen LogP contribution in [0.4, 0.5) is 4.39 Å². The highest BCUT2D eigenvalue weighted by Crippen LogP contribution is 2.30. The topological polar surface area (TPSA) is 35.9 Å². The summed E-state index contributed by atoms with van der Waals surface area (Å²) in [5.41, 5.74) is 2.44. The van der Waals surface area contributed by atoms with Crippen LogP contribution in [-0.4, -0.2) is 53.8 Å². The molecule has 0 amide bonds. The van der Waals surface area contributed by atoms with Crippen LogP contribution < -0.4 is 4.74 Å². The molecular weight excluding hydrogens is 355 g/mol. The number of nitrogens with zero attached hydrogens (tertiary/aromatic N) is 2. The zero-order valence-electron chi connectivity index (χ0n) is 16.3. The summed E-state index contributed by atoms with van der Waals surface area (Å²) in [6.07, 6.45) is 2.53. The Morgan fingerprint density at radius 3 is 2.64 bits per heavy atom. The summed E-state index contributed by atoms with van der Waals surface area (Å²) in [7, 11) is 0. The molecule has 2 atom stereocenters. The first-order chi connectivity index (χ1) is 13.7. The summed E-state index contributed by atoms with van der Waals surface area (Å²) in [5, 5.41) is 8.95. The number of piperidine rings is 1. The highest BCUT2D eigenvalue weighted by atomic mass is 19.1. The lowest BCUT2D eigenvalue weighted by Crippen LogP contribution is -2.43. The number of aliphatic hydroxyl groups excluding tert-OH is 1. The first-order valence-corrected chi connectivity index (χ1v) is 10.2. The van der Waals surface area contributed by atoms with E-state index >= 15 is 0 Å². The average Bonchev–Trinajstić information content (AvgIpc) is 2.99. The van der Waals surface area contributed by atoms with Gasteiger partial charge in [0.1, 0.15) is 18.2 Å². The van der Waals surface area contributed by atoms with Gasteiger partial charge in [-0.2, -0.15) is 0 Å². The van der Waals surface area contributed by atoms with Crippen molar-refractivity contribution in [3.8, 4) is 5.75 Å². The Morgan fingerprint density at radius 2 is 1.82 bits per heavy atom. The Labute approximate surface area is 166 Å². The van der Waals surface area contributed by atoms with E-state index in [1.807, 2.05) is 24.3 Å². The molecule has 0 spiro atoms. The van der Waals surface area contributed by atoms with Crippen molar-refractivity contribution in [2.45, 2.75) is 32.0 Å². The van der Waals surface area contributed by atoms with Gasteiger partial charge in [-0.05, 0) is 54.2 Å². The van der Waals surface area contributed by atoms with E-state index in [-0.39, 0.29) is 12.4 Å². The molecule has 3 heterocycles. The van der Waals surface area contributed by atoms with Crippen molar-refractivity contribution in [3.05, 3.63) is 65.5 Å². The van der Waals surface area contributed by atoms with Crippen molar-refractivity contribution in [3.63, 3.8) is 0 Å². The van der Waals surface area contributed by atoms with Crippen LogP contribution in [0.2, 0.25) is 0 Å². The molecule has 3 aliphatic rings. The third-order valence-corrected chi connectivity index (χ3v) is 5.87. The van der Waals surface area contributed by atoms with Gasteiger partial charge < -0.3 is 9.84 Å². The molecule has 3 fully saturated rings. The maximum absolute atomic E-state index is 13.2. The summed E-state index contributed by atoms with van der Waals surface area (Å²) in [5.74, 6) is 1.34. The van der Waals surface area contributed by atoms with Crippen molar-refractivity contribution in [2.75, 3.05) is 32.8 Å². The van der Waals surface area contributed by atoms with Crippen molar-refractivity contribution >= 4 is 0 Å². The van der Waals surface area contributed by atoms with Gasteiger partial charge in [0.15, 0.2) is 0 Å². The molecule has 0 radical (unpaired) electrons. The summed E-state index contributed by atoms with van der Waals surface area (Å²) < 4.78 is 18.7. The van der Waals surface area contributed by atoms with Gasteiger partial charge in [0, 0.05) is 38.8 Å². The second-order valence-electron chi connectivity index (χ2n) is 8.07. The van der Waals surface area contributed by atoms with E-state index in [4.69, 9.17) is 9.84 Å². The molecule has 2 aromatic carbocycles. The zero-order valence-corrected chi connectivity index (χ0v) is 16.3. The van der Waals surface area contributed by atoms with E-state index in [1.165, 1.54) is 24.0 Å². The van der Waals surface area contributed by atoms with Crippen LogP contribution in [0.25, 0.3) is 0 Å². The van der Waals surface area contributed by atoms with E-state index in [0.29, 0.717) is 18.6 Å². The molecule has 5 heteroatoms. The Bertz CT molecular complexity index is 767. The first kappa shape index (κ1) is 19.4. The first-order valence-electron chi connectivity index (χ1n) is 10.2. The Morgan fingerprint density at radius 1 is 0.964 bits per heavy atom. The molecule has 28 heavy (non-hydrogen) atoms. The van der Waals surface area contributed by atoms with E-state index < -0.39 is 0 Å². The van der Waals surface area contributed by atoms with Crippen molar-refractivity contribution < 1.29 is 14.2 Å². The lowest BCUT2D eigenvalue weighted by molar-refractivity contribution is 0.123. The fourth-order valence-corrected chi connectivity index (χ4v) is 4.58. The van der Waals surface area contributed by atoms with Crippen LogP contribution in [0, 0.1) is 11.7 Å². The minimum absolute atomic E-state index is 0.0317. The quantitative estimate of drug-likeness (QED) is 0.795. The molecule has 2 aromatic rings. The molecule has 0 unspecified atom stereocenters. The molecule has 5 rings (SSSR count). The Kier molecular flexibility index (Phi) is 6.25. The predicted octanol–water partition coefficient (Wildman–Crippen LogP) is 3.29. The highest BCUT2D eigenvalue weighted by Gasteiger charge is 2.34. The van der Waals surface area contributed by atoms with Gasteiger partial charge in [-0.25, -0.2) is 4.39 Å². The second kappa shape index (κ2) is 9.03. The minimum Gasteiger partial charge on any atom is -0.491 e. The van der Waals surface area contributed by atoms with Crippen molar-refractivity contribution in [2.24, 2.45) is 5.92 Å². The number of hydrogen-bond acceptors (Lipinski definition) is 4. The fourth-order valence-electron chi connectivity index (χ4n) is 4.58. The van der Waals surface area contributed by atoms with E-state index in [1.54, 1.807) is 12.1 Å². The van der Waals surface area contributed by atoms with Gasteiger partial charge in [-0.15, -0.1) is 0 Å². The van der Waals surface area contributed by atoms with E-state index in [9.17, 15) is 4.39 Å². The van der Waals surface area contributed by atoms with Gasteiger partial charge in [0.2, 0.25) is 0 Å². The summed E-state index contributed by atoms with van der Waals surface area (Å²) in [6, 6.07) is 15.7. The monoisotopic (exact) mass is 384 g/mol. The Balaban J connectivity index is 1.40. The van der Waals surface area contributed by atoms with Crippen LogP contribution in [0.5, 0.6) is 5.75 Å². The number of aliphatic hydroxyl groups is 1. The predicted molar refractivity (Wildman–Crippen MR) is 108 cm³/mol. The van der Waals surface area contributed by atoms with Crippen LogP contribution in [0.15, 0.2) is 48.5 Å². The molecule has 2 bridgehead atoms. The maximum atomic E-state index is 13.2. The lowest BCUT2D eigenvalue weighted by Gasteiger charge is -2.36. The average molecular weight is 384 g/mol. The normalized spacial score (nSPS) is 22.9. The highest BCUT2D eigenvalue weighted by molar-refractivity contribution is 5.28. The smallest absolute Gasteiger partial charge is 0.123 e. The number of ether oxygens (including phenoxy) is 1. The van der Waals surface area contributed by atoms with E-state index in [2.05, 4.69) is 21.9 Å². The molecule has 0 aliphatic carbocycles. The molecule has 3 saturated heterocycles. The number of rotatable bonds is 7. The molecule has 0 aromatic heterocycles. The summed E-state index contributed by atoms with van der Waals surface area (Å²) in [4.78, 5) is 5.15. The van der Waals surface area contributed by atoms with Gasteiger partial charge in [-0.1, -0.05) is 24.3 Å². The van der Waals surface area contributed by atoms with Crippen LogP contribution in [-0.2, 0) is 13.1 Å². The van der Waals surface area contributed by atoms with Gasteiger partial charge in [-0.3, -0.25) is 9.80 Å². The number of halogens is 1. The van der Waals surface area contributed by atoms with E-state index in [0.717, 1.165) is 38.5 Å². The maximum Gasteiger partial charge on any atom is 0.123 e. The van der Waals surface area contributed by atoms with Crippen LogP contribution in [0.1, 0.15) is 24.0 Å². The third-order valence-electron chi connectivity index (χ3n) is 5.87. The minimum atomic E-state index is -0.170. The SMILES string of the molecule is OCCOc1cccc(CN2C[C@H]3CC[C@@H]2CN(Cc2ccc(F)cc2)C3)c1. The fraction of sp³-hybridized carbons (Fsp3) is 0.478. The third kappa shape index (κ3) is 4.90. The standard InChI is InChI=1S/C23H29FN2O2/c24-21-7-4-18(5-8-21)13-25-14-20-6-9-22(17-25)26(16-20)15-19-2-1-3-23(12-19)28-11-10-27/h1-5,7-8,12,20,22,27H,6,9-11,13-17H2/t20-,22+/m0/s1. The molecule has 1 N–H and O–H groups in total. The lowest BCUT2D eigenvalue weighted by atomic mass is 9.94. The zero-order chi connectivity index (χ0) is 19.3. The molecule has 4 nitrogen and oxygen atoms in total.